The summed E-state index contributed by atoms with van der Waals surface area (Å²) in [4.78, 5) is 29.2. The van der Waals surface area contributed by atoms with Gasteiger partial charge in [0.2, 0.25) is 5.91 Å². The van der Waals surface area contributed by atoms with Crippen molar-refractivity contribution in [1.29, 1.82) is 0 Å². The molecule has 2 fully saturated rings. The van der Waals surface area contributed by atoms with Crippen molar-refractivity contribution in [3.8, 4) is 0 Å². The molecule has 1 atom stereocenters. The number of rotatable bonds is 5. The van der Waals surface area contributed by atoms with Crippen molar-refractivity contribution in [1.82, 2.24) is 9.80 Å². The Morgan fingerprint density at radius 1 is 0.974 bits per heavy atom. The van der Waals surface area contributed by atoms with Crippen LogP contribution in [0.1, 0.15) is 60.4 Å². The summed E-state index contributed by atoms with van der Waals surface area (Å²) in [5, 5.41) is 0.947. The molecule has 4 rings (SSSR count). The predicted octanol–water partition coefficient (Wildman–Crippen LogP) is 8.34. The van der Waals surface area contributed by atoms with Gasteiger partial charge in [-0.05, 0) is 85.9 Å². The average molecular weight is 622 g/mol. The number of nitrogens with zero attached hydrogens (tertiary/aromatic N) is 2. The largest absolute Gasteiger partial charge is 0.404 e. The third-order valence-corrected chi connectivity index (χ3v) is 9.88. The number of carbonyl (C=O) groups excluding carboxylic acids is 2. The third kappa shape index (κ3) is 7.19. The first-order valence-corrected chi connectivity index (χ1v) is 14.8. The topological polar surface area (TPSA) is 40.6 Å². The predicted molar refractivity (Wildman–Crippen MR) is 151 cm³/mol. The molecular weight excluding hydrogens is 592 g/mol. The molecule has 0 N–H and O–H groups in total. The lowest BCUT2D eigenvalue weighted by molar-refractivity contribution is -0.173. The molecule has 0 aromatic heterocycles. The second-order valence-corrected chi connectivity index (χ2v) is 13.3. The van der Waals surface area contributed by atoms with Crippen molar-refractivity contribution in [3.05, 3.63) is 62.6 Å². The van der Waals surface area contributed by atoms with Gasteiger partial charge in [0.1, 0.15) is 0 Å². The van der Waals surface area contributed by atoms with Gasteiger partial charge in [-0.1, -0.05) is 34.8 Å². The highest BCUT2D eigenvalue weighted by atomic mass is 35.5. The van der Waals surface area contributed by atoms with Crippen LogP contribution in [0.2, 0.25) is 15.1 Å². The maximum absolute atomic E-state index is 14.0. The number of carbonyl (C=O) groups is 2. The standard InChI is InChI=1S/C28H30Cl3F3N2O2S/c1-35(2)25(37)22-4-3-21(16-23(22)31)39-20-5-7-27(8-6-20)9-11-36(12-10-27)26(38)24(28(32,33)34)17-13-18(29)15-19(30)14-17/h3-4,13-16,20,24H,5-12H2,1-2H3. The number of halogens is 6. The lowest BCUT2D eigenvalue weighted by atomic mass is 9.68. The van der Waals surface area contributed by atoms with Gasteiger partial charge in [0, 0.05) is 47.4 Å². The molecule has 1 heterocycles. The fourth-order valence-electron chi connectivity index (χ4n) is 5.59. The Labute approximate surface area is 246 Å². The van der Waals surface area contributed by atoms with E-state index >= 15 is 0 Å². The third-order valence-electron chi connectivity index (χ3n) is 7.80. The van der Waals surface area contributed by atoms with E-state index in [4.69, 9.17) is 34.8 Å². The molecule has 1 unspecified atom stereocenters. The van der Waals surface area contributed by atoms with Crippen molar-refractivity contribution >= 4 is 58.4 Å². The molecule has 1 saturated carbocycles. The van der Waals surface area contributed by atoms with Gasteiger partial charge in [-0.15, -0.1) is 11.8 Å². The molecule has 0 bridgehead atoms. The quantitative estimate of drug-likeness (QED) is 0.337. The fraction of sp³-hybridized carbons (Fsp3) is 0.500. The van der Waals surface area contributed by atoms with Gasteiger partial charge in [-0.2, -0.15) is 13.2 Å². The Hall–Kier alpha value is -1.61. The van der Waals surface area contributed by atoms with Crippen LogP contribution < -0.4 is 0 Å². The summed E-state index contributed by atoms with van der Waals surface area (Å²) < 4.78 is 42.0. The number of piperidine rings is 1. The van der Waals surface area contributed by atoms with E-state index in [2.05, 4.69) is 0 Å². The first kappa shape index (κ1) is 30.4. The van der Waals surface area contributed by atoms with E-state index < -0.39 is 18.0 Å². The van der Waals surface area contributed by atoms with Gasteiger partial charge >= 0.3 is 6.18 Å². The molecule has 11 heteroatoms. The van der Waals surface area contributed by atoms with Crippen LogP contribution >= 0.6 is 46.6 Å². The lowest BCUT2D eigenvalue weighted by Gasteiger charge is -2.46. The van der Waals surface area contributed by atoms with E-state index in [1.165, 1.54) is 15.9 Å². The summed E-state index contributed by atoms with van der Waals surface area (Å²) in [5.74, 6) is -3.38. The average Bonchev–Trinajstić information content (AvgIpc) is 2.84. The minimum atomic E-state index is -4.75. The maximum Gasteiger partial charge on any atom is 0.404 e. The summed E-state index contributed by atoms with van der Waals surface area (Å²) in [6.07, 6.45) is 0.487. The van der Waals surface area contributed by atoms with Gasteiger partial charge in [0.15, 0.2) is 5.92 Å². The van der Waals surface area contributed by atoms with Crippen LogP contribution in [0.25, 0.3) is 0 Å². The second kappa shape index (κ2) is 12.1. The summed E-state index contributed by atoms with van der Waals surface area (Å²) in [6.45, 7) is 0.600. The highest BCUT2D eigenvalue weighted by Gasteiger charge is 2.49. The zero-order chi connectivity index (χ0) is 28.5. The zero-order valence-electron chi connectivity index (χ0n) is 21.7. The van der Waals surface area contributed by atoms with E-state index in [1.54, 1.807) is 31.9 Å². The van der Waals surface area contributed by atoms with Gasteiger partial charge < -0.3 is 9.80 Å². The molecule has 1 spiro atoms. The van der Waals surface area contributed by atoms with Crippen molar-refractivity contribution in [3.63, 3.8) is 0 Å². The van der Waals surface area contributed by atoms with Crippen LogP contribution in [0.3, 0.4) is 0 Å². The molecule has 1 saturated heterocycles. The zero-order valence-corrected chi connectivity index (χ0v) is 24.7. The number of amides is 2. The normalized spacial score (nSPS) is 18.7. The Kier molecular flexibility index (Phi) is 9.41. The lowest BCUT2D eigenvalue weighted by Crippen LogP contribution is -2.48. The molecule has 2 aliphatic rings. The van der Waals surface area contributed by atoms with E-state index in [0.717, 1.165) is 42.7 Å². The molecule has 2 aromatic rings. The smallest absolute Gasteiger partial charge is 0.345 e. The summed E-state index contributed by atoms with van der Waals surface area (Å²) >= 11 is 20.0. The highest BCUT2D eigenvalue weighted by molar-refractivity contribution is 8.00. The first-order chi connectivity index (χ1) is 18.3. The summed E-state index contributed by atoms with van der Waals surface area (Å²) in [5.41, 5.74) is 0.281. The Balaban J connectivity index is 1.35. The van der Waals surface area contributed by atoms with Gasteiger partial charge in [0.05, 0.1) is 10.6 Å². The summed E-state index contributed by atoms with van der Waals surface area (Å²) in [6, 6.07) is 9.19. The number of benzene rings is 2. The number of thioether (sulfide) groups is 1. The Bertz CT molecular complexity index is 1200. The molecule has 0 radical (unpaired) electrons. The van der Waals surface area contributed by atoms with Gasteiger partial charge in [-0.25, -0.2) is 0 Å². The number of alkyl halides is 3. The van der Waals surface area contributed by atoms with Crippen LogP contribution in [0, 0.1) is 5.41 Å². The van der Waals surface area contributed by atoms with Gasteiger partial charge in [-0.3, -0.25) is 9.59 Å². The van der Waals surface area contributed by atoms with Crippen LogP contribution in [0.5, 0.6) is 0 Å². The van der Waals surface area contributed by atoms with Crippen LogP contribution in [-0.2, 0) is 4.79 Å². The molecule has 1 aliphatic carbocycles. The van der Waals surface area contributed by atoms with Crippen LogP contribution in [0.15, 0.2) is 41.3 Å². The number of hydrogen-bond donors (Lipinski definition) is 0. The minimum absolute atomic E-state index is 0.0422. The Morgan fingerprint density at radius 3 is 2.08 bits per heavy atom. The molecule has 2 amide bonds. The van der Waals surface area contributed by atoms with Gasteiger partial charge in [0.25, 0.3) is 5.91 Å². The van der Waals surface area contributed by atoms with E-state index in [0.29, 0.717) is 41.8 Å². The molecule has 39 heavy (non-hydrogen) atoms. The Morgan fingerprint density at radius 2 is 1.56 bits per heavy atom. The van der Waals surface area contributed by atoms with Crippen LogP contribution in [-0.4, -0.2) is 60.2 Å². The monoisotopic (exact) mass is 620 g/mol. The molecule has 212 valence electrons. The molecular formula is C28H30Cl3F3N2O2S. The van der Waals surface area contributed by atoms with Crippen molar-refractivity contribution in [2.45, 2.75) is 60.8 Å². The van der Waals surface area contributed by atoms with E-state index in [9.17, 15) is 22.8 Å². The molecule has 1 aliphatic heterocycles. The van der Waals surface area contributed by atoms with Crippen molar-refractivity contribution < 1.29 is 22.8 Å². The second-order valence-electron chi connectivity index (χ2n) is 10.7. The van der Waals surface area contributed by atoms with E-state index in [1.807, 2.05) is 12.1 Å². The van der Waals surface area contributed by atoms with E-state index in [-0.39, 0.29) is 26.9 Å². The molecule has 2 aromatic carbocycles. The maximum atomic E-state index is 14.0. The molecule has 4 nitrogen and oxygen atoms in total. The first-order valence-electron chi connectivity index (χ1n) is 12.8. The van der Waals surface area contributed by atoms with Crippen molar-refractivity contribution in [2.75, 3.05) is 27.2 Å². The van der Waals surface area contributed by atoms with Crippen molar-refractivity contribution in [2.24, 2.45) is 5.41 Å². The number of likely N-dealkylation sites (tertiary alicyclic amines) is 1. The minimum Gasteiger partial charge on any atom is -0.345 e. The SMILES string of the molecule is CN(C)C(=O)c1ccc(SC2CCC3(CC2)CCN(C(=O)C(c2cc(Cl)cc(Cl)c2)C(F)(F)F)CC3)cc1Cl. The number of hydrogen-bond acceptors (Lipinski definition) is 3. The van der Waals surface area contributed by atoms with Crippen LogP contribution in [0.4, 0.5) is 13.2 Å². The highest BCUT2D eigenvalue weighted by Crippen LogP contribution is 2.49. The summed E-state index contributed by atoms with van der Waals surface area (Å²) in [7, 11) is 3.37. The fourth-order valence-corrected chi connectivity index (χ4v) is 7.65.